The summed E-state index contributed by atoms with van der Waals surface area (Å²) in [5.74, 6) is 2.10. The molecule has 3 heterocycles. The molecular weight excluding hydrogens is 244 g/mol. The van der Waals surface area contributed by atoms with Gasteiger partial charge in [-0.3, -0.25) is 9.59 Å². The molecule has 1 saturated carbocycles. The Morgan fingerprint density at radius 2 is 2.00 bits per heavy atom. The van der Waals surface area contributed by atoms with E-state index in [1.807, 2.05) is 16.7 Å². The summed E-state index contributed by atoms with van der Waals surface area (Å²) in [4.78, 5) is 28.5. The van der Waals surface area contributed by atoms with Crippen LogP contribution in [0.1, 0.15) is 6.92 Å². The van der Waals surface area contributed by atoms with Crippen molar-refractivity contribution in [3.05, 3.63) is 0 Å². The van der Waals surface area contributed by atoms with Crippen molar-refractivity contribution in [3.63, 3.8) is 0 Å². The van der Waals surface area contributed by atoms with Gasteiger partial charge < -0.3 is 14.5 Å². The van der Waals surface area contributed by atoms with E-state index in [9.17, 15) is 9.59 Å². The quantitative estimate of drug-likeness (QED) is 0.695. The van der Waals surface area contributed by atoms with Crippen LogP contribution >= 0.6 is 0 Å². The summed E-state index contributed by atoms with van der Waals surface area (Å²) < 4.78 is 5.34. The first kappa shape index (κ1) is 11.7. The van der Waals surface area contributed by atoms with Gasteiger partial charge in [-0.1, -0.05) is 0 Å². The number of likely N-dealkylation sites (tertiary alicyclic amines) is 2. The zero-order valence-corrected chi connectivity index (χ0v) is 11.2. The highest BCUT2D eigenvalue weighted by atomic mass is 16.5. The lowest BCUT2D eigenvalue weighted by molar-refractivity contribution is -0.134. The van der Waals surface area contributed by atoms with Crippen molar-refractivity contribution in [2.75, 3.05) is 39.4 Å². The molecule has 1 aliphatic carbocycles. The molecule has 3 saturated heterocycles. The number of fused-ring (bicyclic) bond motifs is 2. The maximum atomic E-state index is 12.5. The first-order valence-electron chi connectivity index (χ1n) is 7.36. The smallest absolute Gasteiger partial charge is 0.227 e. The number of carbonyl (C=O) groups is 2. The van der Waals surface area contributed by atoms with Gasteiger partial charge in [-0.2, -0.15) is 0 Å². The van der Waals surface area contributed by atoms with Crippen LogP contribution in [0.2, 0.25) is 0 Å². The molecule has 2 amide bonds. The zero-order valence-electron chi connectivity index (χ0n) is 11.2. The Balaban J connectivity index is 1.41. The van der Waals surface area contributed by atoms with Crippen LogP contribution in [0, 0.1) is 29.6 Å². The SMILES string of the molecule is CCN1C[C@@H]2CN(C(=O)C3[C@H]4COC[C@@H]34)C[C@@H]2C1=O. The molecule has 4 aliphatic rings. The molecule has 5 heteroatoms. The molecule has 1 unspecified atom stereocenters. The van der Waals surface area contributed by atoms with Gasteiger partial charge in [-0.15, -0.1) is 0 Å². The van der Waals surface area contributed by atoms with Crippen molar-refractivity contribution in [3.8, 4) is 0 Å². The molecule has 0 aromatic carbocycles. The molecule has 4 rings (SSSR count). The second-order valence-corrected chi connectivity index (χ2v) is 6.38. The fraction of sp³-hybridized carbons (Fsp3) is 0.857. The summed E-state index contributed by atoms with van der Waals surface area (Å²) in [7, 11) is 0. The average Bonchev–Trinajstić information content (AvgIpc) is 2.81. The van der Waals surface area contributed by atoms with E-state index in [2.05, 4.69) is 0 Å². The summed E-state index contributed by atoms with van der Waals surface area (Å²) in [6.45, 7) is 6.59. The van der Waals surface area contributed by atoms with Crippen LogP contribution in [0.25, 0.3) is 0 Å². The minimum absolute atomic E-state index is 0.0683. The number of carbonyl (C=O) groups excluding carboxylic acids is 2. The van der Waals surface area contributed by atoms with Gasteiger partial charge >= 0.3 is 0 Å². The average molecular weight is 264 g/mol. The third-order valence-corrected chi connectivity index (χ3v) is 5.46. The van der Waals surface area contributed by atoms with Gasteiger partial charge in [0.25, 0.3) is 0 Å². The van der Waals surface area contributed by atoms with Crippen LogP contribution in [0.5, 0.6) is 0 Å². The predicted octanol–water partition coefficient (Wildman–Crippen LogP) is -0.184. The topological polar surface area (TPSA) is 49.9 Å². The largest absolute Gasteiger partial charge is 0.381 e. The van der Waals surface area contributed by atoms with Gasteiger partial charge in [-0.05, 0) is 18.8 Å². The van der Waals surface area contributed by atoms with Gasteiger partial charge in [-0.25, -0.2) is 0 Å². The van der Waals surface area contributed by atoms with Crippen molar-refractivity contribution in [2.45, 2.75) is 6.92 Å². The molecular formula is C14H20N2O3. The number of hydrogen-bond acceptors (Lipinski definition) is 3. The highest BCUT2D eigenvalue weighted by molar-refractivity contribution is 5.86. The van der Waals surface area contributed by atoms with Gasteiger partial charge in [0.1, 0.15) is 0 Å². The normalized spacial score (nSPS) is 43.6. The van der Waals surface area contributed by atoms with E-state index in [1.54, 1.807) is 0 Å². The van der Waals surface area contributed by atoms with Gasteiger partial charge in [0, 0.05) is 38.0 Å². The summed E-state index contributed by atoms with van der Waals surface area (Å²) in [5, 5.41) is 0. The van der Waals surface area contributed by atoms with Crippen LogP contribution in [-0.4, -0.2) is 61.0 Å². The van der Waals surface area contributed by atoms with E-state index in [0.717, 1.165) is 32.8 Å². The number of ether oxygens (including phenoxy) is 1. The molecule has 0 bridgehead atoms. The maximum Gasteiger partial charge on any atom is 0.227 e. The second kappa shape index (κ2) is 3.95. The van der Waals surface area contributed by atoms with Crippen LogP contribution in [0.3, 0.4) is 0 Å². The van der Waals surface area contributed by atoms with Crippen molar-refractivity contribution >= 4 is 11.8 Å². The Hall–Kier alpha value is -1.10. The molecule has 0 N–H and O–H groups in total. The molecule has 0 aromatic rings. The Morgan fingerprint density at radius 1 is 1.26 bits per heavy atom. The van der Waals surface area contributed by atoms with Crippen molar-refractivity contribution in [2.24, 2.45) is 29.6 Å². The van der Waals surface area contributed by atoms with Gasteiger partial charge in [0.05, 0.1) is 19.1 Å². The summed E-state index contributed by atoms with van der Waals surface area (Å²) in [6, 6.07) is 0. The Labute approximate surface area is 112 Å². The fourth-order valence-electron chi connectivity index (χ4n) is 4.23. The Morgan fingerprint density at radius 3 is 2.63 bits per heavy atom. The molecule has 5 atom stereocenters. The molecule has 0 radical (unpaired) electrons. The summed E-state index contributed by atoms with van der Waals surface area (Å²) in [5.41, 5.74) is 0. The van der Waals surface area contributed by atoms with Crippen molar-refractivity contribution < 1.29 is 14.3 Å². The first-order valence-corrected chi connectivity index (χ1v) is 7.36. The van der Waals surface area contributed by atoms with Crippen LogP contribution < -0.4 is 0 Å². The fourth-order valence-corrected chi connectivity index (χ4v) is 4.23. The highest BCUT2D eigenvalue weighted by Crippen LogP contribution is 2.52. The molecule has 3 aliphatic heterocycles. The van der Waals surface area contributed by atoms with Crippen LogP contribution in [0.15, 0.2) is 0 Å². The predicted molar refractivity (Wildman–Crippen MR) is 67.1 cm³/mol. The standard InChI is InChI=1S/C14H20N2O3/c1-2-15-3-8-4-16(5-9(8)13(15)17)14(18)12-10-6-19-7-11(10)12/h8-12H,2-7H2,1H3/t8-,9+,10-,11+,12?/m1/s1. The number of amides is 2. The van der Waals surface area contributed by atoms with Crippen LogP contribution in [-0.2, 0) is 14.3 Å². The molecule has 104 valence electrons. The molecule has 0 aromatic heterocycles. The first-order chi connectivity index (χ1) is 9.20. The molecule has 0 spiro atoms. The van der Waals surface area contributed by atoms with Crippen molar-refractivity contribution in [1.29, 1.82) is 0 Å². The Kier molecular flexibility index (Phi) is 2.43. The maximum absolute atomic E-state index is 12.5. The second-order valence-electron chi connectivity index (χ2n) is 6.38. The minimum Gasteiger partial charge on any atom is -0.381 e. The zero-order chi connectivity index (χ0) is 13.1. The highest BCUT2D eigenvalue weighted by Gasteiger charge is 2.60. The number of rotatable bonds is 2. The van der Waals surface area contributed by atoms with Crippen LogP contribution in [0.4, 0.5) is 0 Å². The number of hydrogen-bond donors (Lipinski definition) is 0. The Bertz CT molecular complexity index is 428. The lowest BCUT2D eigenvalue weighted by atomic mass is 10.0. The molecule has 19 heavy (non-hydrogen) atoms. The lowest BCUT2D eigenvalue weighted by Gasteiger charge is -2.21. The van der Waals surface area contributed by atoms with Gasteiger partial charge in [0.2, 0.25) is 11.8 Å². The monoisotopic (exact) mass is 264 g/mol. The van der Waals surface area contributed by atoms with Crippen molar-refractivity contribution in [1.82, 2.24) is 9.80 Å². The van der Waals surface area contributed by atoms with E-state index >= 15 is 0 Å². The van der Waals surface area contributed by atoms with E-state index in [1.165, 1.54) is 0 Å². The molecule has 4 fully saturated rings. The summed E-state index contributed by atoms with van der Waals surface area (Å²) >= 11 is 0. The van der Waals surface area contributed by atoms with E-state index in [4.69, 9.17) is 4.74 Å². The third-order valence-electron chi connectivity index (χ3n) is 5.46. The van der Waals surface area contributed by atoms with E-state index < -0.39 is 0 Å². The van der Waals surface area contributed by atoms with Gasteiger partial charge in [0.15, 0.2) is 0 Å². The summed E-state index contributed by atoms with van der Waals surface area (Å²) in [6.07, 6.45) is 0. The number of nitrogens with zero attached hydrogens (tertiary/aromatic N) is 2. The lowest BCUT2D eigenvalue weighted by Crippen LogP contribution is -2.37. The third kappa shape index (κ3) is 1.57. The van der Waals surface area contributed by atoms with E-state index in [-0.39, 0.29) is 23.7 Å². The molecule has 5 nitrogen and oxygen atoms in total. The van der Waals surface area contributed by atoms with E-state index in [0.29, 0.717) is 24.3 Å². The minimum atomic E-state index is 0.0683.